The number of halogens is 4. The maximum absolute atomic E-state index is 14.9. The molecule has 0 radical (unpaired) electrons. The molecule has 1 amide bonds. The van der Waals surface area contributed by atoms with Crippen LogP contribution in [0.25, 0.3) is 5.57 Å². The van der Waals surface area contributed by atoms with Gasteiger partial charge in [-0.3, -0.25) is 4.79 Å². The molecule has 2 aromatic carbocycles. The van der Waals surface area contributed by atoms with Gasteiger partial charge in [0, 0.05) is 23.7 Å². The summed E-state index contributed by atoms with van der Waals surface area (Å²) in [6.07, 6.45) is 4.31. The molecule has 1 N–H and O–H groups in total. The Morgan fingerprint density at radius 3 is 2.36 bits per heavy atom. The van der Waals surface area contributed by atoms with Crippen LogP contribution in [0.1, 0.15) is 35.2 Å². The third kappa shape index (κ3) is 4.09. The Labute approximate surface area is 160 Å². The molecule has 1 atom stereocenters. The second kappa shape index (κ2) is 8.14. The van der Waals surface area contributed by atoms with Gasteiger partial charge < -0.3 is 10.2 Å². The van der Waals surface area contributed by atoms with Crippen molar-refractivity contribution in [2.24, 2.45) is 0 Å². The van der Waals surface area contributed by atoms with Gasteiger partial charge in [0.15, 0.2) is 5.82 Å². The van der Waals surface area contributed by atoms with Crippen LogP contribution in [-0.4, -0.2) is 30.9 Å². The van der Waals surface area contributed by atoms with E-state index in [1.807, 2.05) is 20.2 Å². The predicted molar refractivity (Wildman–Crippen MR) is 100.0 cm³/mol. The molecule has 0 aromatic heterocycles. The summed E-state index contributed by atoms with van der Waals surface area (Å²) in [5.41, 5.74) is 0.0130. The van der Waals surface area contributed by atoms with Gasteiger partial charge in [-0.25, -0.2) is 17.6 Å². The summed E-state index contributed by atoms with van der Waals surface area (Å²) in [6, 6.07) is 5.66. The molecule has 2 aromatic rings. The van der Waals surface area contributed by atoms with E-state index in [4.69, 9.17) is 0 Å². The third-order valence-corrected chi connectivity index (χ3v) is 4.94. The molecule has 148 valence electrons. The Morgan fingerprint density at radius 1 is 1.11 bits per heavy atom. The number of anilines is 1. The van der Waals surface area contributed by atoms with Crippen molar-refractivity contribution in [1.29, 1.82) is 0 Å². The molecule has 0 aliphatic heterocycles. The zero-order valence-electron chi connectivity index (χ0n) is 15.5. The number of carbonyl (C=O) groups excluding carboxylic acids is 1. The molecule has 1 aliphatic carbocycles. The molecular weight excluding hydrogens is 372 g/mol. The van der Waals surface area contributed by atoms with Crippen molar-refractivity contribution in [2.75, 3.05) is 19.4 Å². The number of carbonyl (C=O) groups is 1. The summed E-state index contributed by atoms with van der Waals surface area (Å²) in [6.45, 7) is 0. The van der Waals surface area contributed by atoms with Gasteiger partial charge in [0.05, 0.1) is 5.69 Å². The van der Waals surface area contributed by atoms with Crippen molar-refractivity contribution in [3.63, 3.8) is 0 Å². The third-order valence-electron chi connectivity index (χ3n) is 4.94. The van der Waals surface area contributed by atoms with E-state index in [1.165, 1.54) is 6.07 Å². The summed E-state index contributed by atoms with van der Waals surface area (Å²) in [5.74, 6) is -5.70. The Kier molecular flexibility index (Phi) is 5.84. The highest BCUT2D eigenvalue weighted by Crippen LogP contribution is 2.32. The smallest absolute Gasteiger partial charge is 0.261 e. The summed E-state index contributed by atoms with van der Waals surface area (Å²) in [5, 5.41) is 2.18. The fraction of sp³-hybridized carbons (Fsp3) is 0.286. The fourth-order valence-electron chi connectivity index (χ4n) is 3.35. The number of benzene rings is 2. The quantitative estimate of drug-likeness (QED) is 0.744. The molecule has 3 rings (SSSR count). The Balaban J connectivity index is 1.85. The average Bonchev–Trinajstić information content (AvgIpc) is 2.62. The highest BCUT2D eigenvalue weighted by molar-refractivity contribution is 6.05. The zero-order chi connectivity index (χ0) is 20.4. The van der Waals surface area contributed by atoms with Gasteiger partial charge in [0.25, 0.3) is 5.91 Å². The van der Waals surface area contributed by atoms with Crippen molar-refractivity contribution >= 4 is 17.2 Å². The lowest BCUT2D eigenvalue weighted by Crippen LogP contribution is -2.29. The molecule has 28 heavy (non-hydrogen) atoms. The van der Waals surface area contributed by atoms with Crippen molar-refractivity contribution in [3.8, 4) is 0 Å². The van der Waals surface area contributed by atoms with E-state index in [0.29, 0.717) is 30.2 Å². The van der Waals surface area contributed by atoms with Crippen LogP contribution >= 0.6 is 0 Å². The van der Waals surface area contributed by atoms with Crippen molar-refractivity contribution in [2.45, 2.75) is 25.3 Å². The predicted octanol–water partition coefficient (Wildman–Crippen LogP) is 4.99. The molecular formula is C21H20F4N2O. The molecule has 1 unspecified atom stereocenters. The molecule has 7 heteroatoms. The maximum Gasteiger partial charge on any atom is 0.261 e. The lowest BCUT2D eigenvalue weighted by molar-refractivity contribution is 0.101. The Hall–Kier alpha value is -2.67. The first-order chi connectivity index (χ1) is 13.3. The topological polar surface area (TPSA) is 32.3 Å². The van der Waals surface area contributed by atoms with E-state index >= 15 is 0 Å². The first kappa shape index (κ1) is 20.1. The summed E-state index contributed by atoms with van der Waals surface area (Å²) in [7, 11) is 3.99. The normalized spacial score (nSPS) is 16.8. The van der Waals surface area contributed by atoms with E-state index in [2.05, 4.69) is 10.2 Å². The molecule has 0 saturated heterocycles. The first-order valence-electron chi connectivity index (χ1n) is 8.88. The van der Waals surface area contributed by atoms with Gasteiger partial charge in [0.2, 0.25) is 0 Å². The number of hydrogen-bond acceptors (Lipinski definition) is 2. The SMILES string of the molecule is CN(C)C1CC=C(c2cccc(NC(=O)c3c(F)cc(F)cc3F)c2F)CC1. The largest absolute Gasteiger partial charge is 0.319 e. The number of rotatable bonds is 4. The van der Waals surface area contributed by atoms with Gasteiger partial charge in [-0.1, -0.05) is 18.2 Å². The lowest BCUT2D eigenvalue weighted by atomic mass is 9.90. The summed E-state index contributed by atoms with van der Waals surface area (Å²) < 4.78 is 55.5. The van der Waals surface area contributed by atoms with Crippen molar-refractivity contribution < 1.29 is 22.4 Å². The molecule has 0 saturated carbocycles. The van der Waals surface area contributed by atoms with Crippen molar-refractivity contribution in [1.82, 2.24) is 4.90 Å². The maximum atomic E-state index is 14.9. The molecule has 0 bridgehead atoms. The second-order valence-corrected chi connectivity index (χ2v) is 6.99. The Bertz CT molecular complexity index is 917. The van der Waals surface area contributed by atoms with Crippen LogP contribution in [0.4, 0.5) is 23.2 Å². The van der Waals surface area contributed by atoms with Crippen LogP contribution in [0.2, 0.25) is 0 Å². The number of hydrogen-bond donors (Lipinski definition) is 1. The van der Waals surface area contributed by atoms with Crippen LogP contribution in [0, 0.1) is 23.3 Å². The Morgan fingerprint density at radius 2 is 1.79 bits per heavy atom. The number of nitrogens with one attached hydrogen (secondary N) is 1. The molecule has 0 spiro atoms. The van der Waals surface area contributed by atoms with Gasteiger partial charge in [-0.2, -0.15) is 0 Å². The number of nitrogens with zero attached hydrogens (tertiary/aromatic N) is 1. The minimum atomic E-state index is -1.35. The van der Waals surface area contributed by atoms with Crippen molar-refractivity contribution in [3.05, 3.63) is 70.8 Å². The van der Waals surface area contributed by atoms with Gasteiger partial charge in [-0.05, 0) is 45.0 Å². The van der Waals surface area contributed by atoms with Crippen LogP contribution < -0.4 is 5.32 Å². The summed E-state index contributed by atoms with van der Waals surface area (Å²) >= 11 is 0. The lowest BCUT2D eigenvalue weighted by Gasteiger charge is -2.28. The number of allylic oxidation sites excluding steroid dienone is 1. The fourth-order valence-corrected chi connectivity index (χ4v) is 3.35. The van der Waals surface area contributed by atoms with Gasteiger partial charge >= 0.3 is 0 Å². The zero-order valence-corrected chi connectivity index (χ0v) is 15.5. The highest BCUT2D eigenvalue weighted by atomic mass is 19.1. The van der Waals surface area contributed by atoms with E-state index in [9.17, 15) is 22.4 Å². The molecule has 0 fully saturated rings. The minimum absolute atomic E-state index is 0.193. The van der Waals surface area contributed by atoms with E-state index in [0.717, 1.165) is 18.4 Å². The van der Waals surface area contributed by atoms with Gasteiger partial charge in [0.1, 0.15) is 23.0 Å². The van der Waals surface area contributed by atoms with Crippen LogP contribution in [-0.2, 0) is 0 Å². The monoisotopic (exact) mass is 392 g/mol. The van der Waals surface area contributed by atoms with Crippen LogP contribution in [0.3, 0.4) is 0 Å². The van der Waals surface area contributed by atoms with Crippen LogP contribution in [0.15, 0.2) is 36.4 Å². The van der Waals surface area contributed by atoms with Crippen LogP contribution in [0.5, 0.6) is 0 Å². The van der Waals surface area contributed by atoms with Gasteiger partial charge in [-0.15, -0.1) is 0 Å². The van der Waals surface area contributed by atoms with E-state index in [1.54, 1.807) is 12.1 Å². The summed E-state index contributed by atoms with van der Waals surface area (Å²) in [4.78, 5) is 14.3. The first-order valence-corrected chi connectivity index (χ1v) is 8.88. The molecule has 1 aliphatic rings. The van der Waals surface area contributed by atoms with E-state index < -0.39 is 34.7 Å². The van der Waals surface area contributed by atoms with E-state index in [-0.39, 0.29) is 5.69 Å². The molecule has 3 nitrogen and oxygen atoms in total. The molecule has 0 heterocycles. The second-order valence-electron chi connectivity index (χ2n) is 6.99. The minimum Gasteiger partial charge on any atom is -0.319 e. The highest BCUT2D eigenvalue weighted by Gasteiger charge is 2.23. The standard InChI is InChI=1S/C21H20F4N2O/c1-27(2)14-8-6-12(7-9-14)15-4-3-5-18(20(15)25)26-21(28)19-16(23)10-13(22)11-17(19)24/h3-6,10-11,14H,7-9H2,1-2H3,(H,26,28). The average molecular weight is 392 g/mol. The number of amides is 1.